The molecule has 0 amide bonds. The molecule has 0 heterocycles. The molecular formula is C28H37F3. The normalized spacial score (nSPS) is 16.4. The van der Waals surface area contributed by atoms with Crippen LogP contribution in [0.2, 0.25) is 0 Å². The molecule has 3 rings (SSSR count). The Morgan fingerprint density at radius 1 is 0.806 bits per heavy atom. The third-order valence-corrected chi connectivity index (χ3v) is 7.09. The third-order valence-electron chi connectivity index (χ3n) is 7.09. The van der Waals surface area contributed by atoms with Crippen LogP contribution in [0.3, 0.4) is 0 Å². The minimum atomic E-state index is -3.17. The molecule has 0 nitrogen and oxygen atoms in total. The second-order valence-electron chi connectivity index (χ2n) is 9.52. The topological polar surface area (TPSA) is 0 Å². The van der Waals surface area contributed by atoms with Crippen LogP contribution >= 0.6 is 0 Å². The molecular weight excluding hydrogens is 393 g/mol. The molecule has 1 fully saturated rings. The van der Waals surface area contributed by atoms with Crippen LogP contribution in [0.5, 0.6) is 0 Å². The Kier molecular flexibility index (Phi) is 8.24. The first-order chi connectivity index (χ1) is 14.9. The summed E-state index contributed by atoms with van der Waals surface area (Å²) in [7, 11) is 0. The molecule has 1 saturated carbocycles. The summed E-state index contributed by atoms with van der Waals surface area (Å²) < 4.78 is 41.2. The number of benzene rings is 2. The van der Waals surface area contributed by atoms with Gasteiger partial charge in [0.25, 0.3) is 5.92 Å². The SMILES string of the molecule is CCCCCCCCC1(c2ccc(-c3ccc(C(C)(F)F)c(F)c3)cc2)CCCCC1. The van der Waals surface area contributed by atoms with Gasteiger partial charge in [0.15, 0.2) is 0 Å². The molecule has 0 aliphatic heterocycles. The van der Waals surface area contributed by atoms with E-state index in [0.717, 1.165) is 12.5 Å². The van der Waals surface area contributed by atoms with Crippen LogP contribution in [0.25, 0.3) is 11.1 Å². The quantitative estimate of drug-likeness (QED) is 0.329. The van der Waals surface area contributed by atoms with Gasteiger partial charge >= 0.3 is 0 Å². The molecule has 0 radical (unpaired) electrons. The first-order valence-electron chi connectivity index (χ1n) is 12.1. The van der Waals surface area contributed by atoms with Gasteiger partial charge in [-0.1, -0.05) is 95.0 Å². The highest BCUT2D eigenvalue weighted by molar-refractivity contribution is 5.64. The molecule has 2 aromatic rings. The van der Waals surface area contributed by atoms with Gasteiger partial charge in [0.2, 0.25) is 0 Å². The Labute approximate surface area is 186 Å². The predicted molar refractivity (Wildman–Crippen MR) is 124 cm³/mol. The number of hydrogen-bond acceptors (Lipinski definition) is 0. The predicted octanol–water partition coefficient (Wildman–Crippen LogP) is 9.56. The second kappa shape index (κ2) is 10.7. The number of alkyl halides is 2. The zero-order valence-electron chi connectivity index (χ0n) is 19.2. The van der Waals surface area contributed by atoms with Crippen LogP contribution < -0.4 is 0 Å². The molecule has 0 unspecified atom stereocenters. The first kappa shape index (κ1) is 23.9. The minimum absolute atomic E-state index is 0.265. The third kappa shape index (κ3) is 6.14. The molecule has 0 aromatic heterocycles. The van der Waals surface area contributed by atoms with E-state index >= 15 is 0 Å². The van der Waals surface area contributed by atoms with Crippen molar-refractivity contribution in [3.8, 4) is 11.1 Å². The van der Waals surface area contributed by atoms with E-state index in [1.807, 2.05) is 12.1 Å². The van der Waals surface area contributed by atoms with E-state index in [4.69, 9.17) is 0 Å². The summed E-state index contributed by atoms with van der Waals surface area (Å²) >= 11 is 0. The molecule has 3 heteroatoms. The van der Waals surface area contributed by atoms with Crippen molar-refractivity contribution >= 4 is 0 Å². The van der Waals surface area contributed by atoms with E-state index in [2.05, 4.69) is 19.1 Å². The summed E-state index contributed by atoms with van der Waals surface area (Å²) in [6, 6.07) is 12.5. The van der Waals surface area contributed by atoms with Crippen LogP contribution in [0.15, 0.2) is 42.5 Å². The lowest BCUT2D eigenvalue weighted by Gasteiger charge is -2.38. The Morgan fingerprint density at radius 3 is 2.03 bits per heavy atom. The number of unbranched alkanes of at least 4 members (excludes halogenated alkanes) is 5. The van der Waals surface area contributed by atoms with Crippen molar-refractivity contribution in [3.63, 3.8) is 0 Å². The zero-order chi connectivity index (χ0) is 22.3. The van der Waals surface area contributed by atoms with Crippen molar-refractivity contribution in [3.05, 3.63) is 59.4 Å². The van der Waals surface area contributed by atoms with Crippen molar-refractivity contribution in [2.75, 3.05) is 0 Å². The highest BCUT2D eigenvalue weighted by Gasteiger charge is 2.33. The van der Waals surface area contributed by atoms with Gasteiger partial charge in [-0.15, -0.1) is 0 Å². The lowest BCUT2D eigenvalue weighted by Crippen LogP contribution is -2.29. The Morgan fingerprint density at radius 2 is 1.42 bits per heavy atom. The number of hydrogen-bond donors (Lipinski definition) is 0. The van der Waals surface area contributed by atoms with Gasteiger partial charge in [0.1, 0.15) is 5.82 Å². The molecule has 0 saturated heterocycles. The second-order valence-corrected chi connectivity index (χ2v) is 9.52. The van der Waals surface area contributed by atoms with Crippen molar-refractivity contribution < 1.29 is 13.2 Å². The van der Waals surface area contributed by atoms with Crippen LogP contribution in [-0.2, 0) is 11.3 Å². The molecule has 31 heavy (non-hydrogen) atoms. The van der Waals surface area contributed by atoms with Crippen molar-refractivity contribution in [1.29, 1.82) is 0 Å². The Bertz CT molecular complexity index is 811. The molecule has 0 bridgehead atoms. The molecule has 0 atom stereocenters. The molecule has 0 N–H and O–H groups in total. The fourth-order valence-electron chi connectivity index (χ4n) is 5.22. The van der Waals surface area contributed by atoms with E-state index in [9.17, 15) is 13.2 Å². The van der Waals surface area contributed by atoms with Gasteiger partial charge in [-0.2, -0.15) is 0 Å². The van der Waals surface area contributed by atoms with E-state index in [0.29, 0.717) is 5.56 Å². The molecule has 1 aliphatic carbocycles. The molecule has 2 aromatic carbocycles. The Hall–Kier alpha value is -1.77. The van der Waals surface area contributed by atoms with Crippen molar-refractivity contribution in [2.24, 2.45) is 0 Å². The molecule has 1 aliphatic rings. The van der Waals surface area contributed by atoms with Gasteiger partial charge in [-0.25, -0.2) is 13.2 Å². The minimum Gasteiger partial charge on any atom is -0.206 e. The first-order valence-corrected chi connectivity index (χ1v) is 12.1. The lowest BCUT2D eigenvalue weighted by atomic mass is 9.66. The van der Waals surface area contributed by atoms with Crippen LogP contribution in [-0.4, -0.2) is 0 Å². The van der Waals surface area contributed by atoms with Gasteiger partial charge in [0.05, 0.1) is 5.56 Å². The number of halogens is 3. The fourth-order valence-corrected chi connectivity index (χ4v) is 5.22. The summed E-state index contributed by atoms with van der Waals surface area (Å²) in [4.78, 5) is 0. The average Bonchev–Trinajstić information content (AvgIpc) is 2.76. The van der Waals surface area contributed by atoms with E-state index in [1.54, 1.807) is 6.07 Å². The summed E-state index contributed by atoms with van der Waals surface area (Å²) in [6.07, 6.45) is 15.5. The van der Waals surface area contributed by atoms with Gasteiger partial charge in [0, 0.05) is 6.92 Å². The van der Waals surface area contributed by atoms with E-state index < -0.39 is 17.3 Å². The largest absolute Gasteiger partial charge is 0.273 e. The van der Waals surface area contributed by atoms with E-state index in [-0.39, 0.29) is 5.41 Å². The fraction of sp³-hybridized carbons (Fsp3) is 0.571. The highest BCUT2D eigenvalue weighted by Crippen LogP contribution is 2.44. The maximum Gasteiger partial charge on any atom is 0.273 e. The monoisotopic (exact) mass is 430 g/mol. The smallest absolute Gasteiger partial charge is 0.206 e. The van der Waals surface area contributed by atoms with Crippen LogP contribution in [0.1, 0.15) is 102 Å². The Balaban J connectivity index is 1.73. The maximum atomic E-state index is 14.2. The van der Waals surface area contributed by atoms with Gasteiger partial charge in [-0.05, 0) is 53.5 Å². The summed E-state index contributed by atoms with van der Waals surface area (Å²) in [6.45, 7) is 2.98. The van der Waals surface area contributed by atoms with Crippen LogP contribution in [0.4, 0.5) is 13.2 Å². The maximum absolute atomic E-state index is 14.2. The van der Waals surface area contributed by atoms with Gasteiger partial charge in [-0.3, -0.25) is 0 Å². The summed E-state index contributed by atoms with van der Waals surface area (Å²) in [5.41, 5.74) is 2.63. The van der Waals surface area contributed by atoms with Crippen molar-refractivity contribution in [1.82, 2.24) is 0 Å². The highest BCUT2D eigenvalue weighted by atomic mass is 19.3. The zero-order valence-corrected chi connectivity index (χ0v) is 19.2. The standard InChI is InChI=1S/C28H37F3/c1-3-4-5-6-7-9-18-28(19-10-8-11-20-28)24-15-12-22(13-16-24)23-14-17-25(26(29)21-23)27(2,30)31/h12-17,21H,3-11,18-20H2,1-2H3. The van der Waals surface area contributed by atoms with E-state index in [1.165, 1.54) is 94.7 Å². The van der Waals surface area contributed by atoms with Crippen LogP contribution in [0, 0.1) is 5.82 Å². The number of rotatable bonds is 10. The van der Waals surface area contributed by atoms with Crippen molar-refractivity contribution in [2.45, 2.75) is 102 Å². The lowest BCUT2D eigenvalue weighted by molar-refractivity contribution is 0.0138. The molecule has 170 valence electrons. The van der Waals surface area contributed by atoms with Gasteiger partial charge < -0.3 is 0 Å². The average molecular weight is 431 g/mol. The summed E-state index contributed by atoms with van der Waals surface area (Å²) in [5.74, 6) is -4.02. The summed E-state index contributed by atoms with van der Waals surface area (Å²) in [5, 5.41) is 0. The molecule has 0 spiro atoms.